The van der Waals surface area contributed by atoms with E-state index in [0.29, 0.717) is 5.96 Å². The summed E-state index contributed by atoms with van der Waals surface area (Å²) in [7, 11) is 0. The Morgan fingerprint density at radius 2 is 2.10 bits per heavy atom. The number of rotatable bonds is 7. The molecule has 2 heterocycles. The molecule has 4 nitrogen and oxygen atoms in total. The van der Waals surface area contributed by atoms with Gasteiger partial charge in [-0.1, -0.05) is 18.9 Å². The van der Waals surface area contributed by atoms with Crippen LogP contribution in [0.4, 0.5) is 0 Å². The summed E-state index contributed by atoms with van der Waals surface area (Å²) in [5.41, 5.74) is 5.89. The molecular formula is C16H28N4S. The van der Waals surface area contributed by atoms with E-state index in [1.807, 2.05) is 0 Å². The van der Waals surface area contributed by atoms with Crippen molar-refractivity contribution in [3.8, 4) is 0 Å². The van der Waals surface area contributed by atoms with E-state index in [-0.39, 0.29) is 0 Å². The highest BCUT2D eigenvalue weighted by molar-refractivity contribution is 7.09. The van der Waals surface area contributed by atoms with Gasteiger partial charge in [0.05, 0.1) is 0 Å². The second-order valence-electron chi connectivity index (χ2n) is 5.63. The van der Waals surface area contributed by atoms with Gasteiger partial charge in [0.2, 0.25) is 0 Å². The van der Waals surface area contributed by atoms with Gasteiger partial charge in [-0.15, -0.1) is 11.3 Å². The van der Waals surface area contributed by atoms with Crippen LogP contribution in [0.5, 0.6) is 0 Å². The quantitative estimate of drug-likeness (QED) is 0.462. The summed E-state index contributed by atoms with van der Waals surface area (Å²) >= 11 is 1.79. The number of nitrogens with two attached hydrogens (primary N) is 1. The molecule has 0 spiro atoms. The molecule has 1 aromatic heterocycles. The zero-order valence-electron chi connectivity index (χ0n) is 12.9. The molecule has 1 aliphatic rings. The predicted molar refractivity (Wildman–Crippen MR) is 92.0 cm³/mol. The molecule has 2 rings (SSSR count). The molecule has 0 saturated carbocycles. The molecule has 3 N–H and O–H groups in total. The molecule has 1 fully saturated rings. The summed E-state index contributed by atoms with van der Waals surface area (Å²) in [6, 6.07) is 4.24. The van der Waals surface area contributed by atoms with Crippen molar-refractivity contribution in [1.29, 1.82) is 0 Å². The minimum Gasteiger partial charge on any atom is -0.370 e. The van der Waals surface area contributed by atoms with E-state index in [0.717, 1.165) is 32.5 Å². The van der Waals surface area contributed by atoms with Crippen LogP contribution in [0.1, 0.15) is 37.0 Å². The number of nitrogens with one attached hydrogen (secondary N) is 1. The monoisotopic (exact) mass is 308 g/mol. The molecule has 1 saturated heterocycles. The van der Waals surface area contributed by atoms with E-state index in [9.17, 15) is 0 Å². The fourth-order valence-corrected chi connectivity index (χ4v) is 3.39. The SMILES string of the molecule is NC(=NCCCN1CCCCCC1)NCCc1cccs1. The number of hydrogen-bond donors (Lipinski definition) is 2. The lowest BCUT2D eigenvalue weighted by atomic mass is 10.2. The van der Waals surface area contributed by atoms with Gasteiger partial charge in [0.25, 0.3) is 0 Å². The van der Waals surface area contributed by atoms with Crippen molar-refractivity contribution >= 4 is 17.3 Å². The summed E-state index contributed by atoms with van der Waals surface area (Å²) in [5, 5.41) is 5.30. The van der Waals surface area contributed by atoms with Gasteiger partial charge < -0.3 is 16.0 Å². The third-order valence-corrected chi connectivity index (χ3v) is 4.81. The Labute approximate surface area is 132 Å². The molecule has 1 aliphatic heterocycles. The summed E-state index contributed by atoms with van der Waals surface area (Å²) in [5.74, 6) is 0.586. The molecule has 0 aromatic carbocycles. The summed E-state index contributed by atoms with van der Waals surface area (Å²) in [6.45, 7) is 5.37. The molecule has 1 aromatic rings. The average molecular weight is 308 g/mol. The summed E-state index contributed by atoms with van der Waals surface area (Å²) < 4.78 is 0. The van der Waals surface area contributed by atoms with E-state index >= 15 is 0 Å². The van der Waals surface area contributed by atoms with Crippen LogP contribution in [-0.2, 0) is 6.42 Å². The van der Waals surface area contributed by atoms with Crippen LogP contribution in [0.2, 0.25) is 0 Å². The first-order chi connectivity index (χ1) is 10.3. The molecule has 5 heteroatoms. The third kappa shape index (κ3) is 6.96. The topological polar surface area (TPSA) is 53.6 Å². The van der Waals surface area contributed by atoms with Crippen molar-refractivity contribution < 1.29 is 0 Å². The van der Waals surface area contributed by atoms with Gasteiger partial charge in [-0.05, 0) is 56.8 Å². The Balaban J connectivity index is 1.53. The second kappa shape index (κ2) is 9.79. The molecule has 0 radical (unpaired) electrons. The van der Waals surface area contributed by atoms with Gasteiger partial charge in [-0.2, -0.15) is 0 Å². The van der Waals surface area contributed by atoms with Crippen LogP contribution in [0.15, 0.2) is 22.5 Å². The van der Waals surface area contributed by atoms with Gasteiger partial charge in [0.15, 0.2) is 5.96 Å². The fourth-order valence-electron chi connectivity index (χ4n) is 2.68. The van der Waals surface area contributed by atoms with Crippen molar-refractivity contribution in [2.75, 3.05) is 32.7 Å². The Hall–Kier alpha value is -1.07. The molecule has 118 valence electrons. The van der Waals surface area contributed by atoms with Gasteiger partial charge in [0.1, 0.15) is 0 Å². The highest BCUT2D eigenvalue weighted by Gasteiger charge is 2.07. The largest absolute Gasteiger partial charge is 0.370 e. The molecular weight excluding hydrogens is 280 g/mol. The van der Waals surface area contributed by atoms with E-state index < -0.39 is 0 Å². The summed E-state index contributed by atoms with van der Waals surface area (Å²) in [4.78, 5) is 8.37. The number of guanidine groups is 1. The number of likely N-dealkylation sites (tertiary alicyclic amines) is 1. The van der Waals surface area contributed by atoms with E-state index in [4.69, 9.17) is 5.73 Å². The minimum absolute atomic E-state index is 0.586. The molecule has 0 atom stereocenters. The first-order valence-corrected chi connectivity index (χ1v) is 9.01. The van der Waals surface area contributed by atoms with E-state index in [2.05, 4.69) is 32.7 Å². The smallest absolute Gasteiger partial charge is 0.188 e. The van der Waals surface area contributed by atoms with Gasteiger partial charge in [0, 0.05) is 18.0 Å². The van der Waals surface area contributed by atoms with E-state index in [1.54, 1.807) is 11.3 Å². The zero-order valence-corrected chi connectivity index (χ0v) is 13.7. The van der Waals surface area contributed by atoms with Crippen LogP contribution in [0, 0.1) is 0 Å². The van der Waals surface area contributed by atoms with Crippen molar-refractivity contribution in [3.63, 3.8) is 0 Å². The molecule has 0 bridgehead atoms. The van der Waals surface area contributed by atoms with Crippen molar-refractivity contribution in [3.05, 3.63) is 22.4 Å². The highest BCUT2D eigenvalue weighted by Crippen LogP contribution is 2.09. The molecule has 0 aliphatic carbocycles. The Morgan fingerprint density at radius 1 is 1.29 bits per heavy atom. The predicted octanol–water partition coefficient (Wildman–Crippen LogP) is 2.46. The van der Waals surface area contributed by atoms with Crippen LogP contribution >= 0.6 is 11.3 Å². The van der Waals surface area contributed by atoms with Crippen molar-refractivity contribution in [2.45, 2.75) is 38.5 Å². The van der Waals surface area contributed by atoms with Gasteiger partial charge in [-0.3, -0.25) is 4.99 Å². The third-order valence-electron chi connectivity index (χ3n) is 3.87. The standard InChI is InChI=1S/C16H28N4S/c17-16(19-10-8-15-7-5-14-21-15)18-9-6-13-20-11-3-1-2-4-12-20/h5,7,14H,1-4,6,8-13H2,(H3,17,18,19). The first kappa shape index (κ1) is 16.3. The maximum atomic E-state index is 5.89. The van der Waals surface area contributed by atoms with Crippen LogP contribution in [0.25, 0.3) is 0 Å². The highest BCUT2D eigenvalue weighted by atomic mass is 32.1. The number of hydrogen-bond acceptors (Lipinski definition) is 3. The van der Waals surface area contributed by atoms with Crippen LogP contribution in [-0.4, -0.2) is 43.6 Å². The lowest BCUT2D eigenvalue weighted by molar-refractivity contribution is 0.283. The molecule has 0 amide bonds. The lowest BCUT2D eigenvalue weighted by Crippen LogP contribution is -2.33. The first-order valence-electron chi connectivity index (χ1n) is 8.13. The number of thiophene rings is 1. The fraction of sp³-hybridized carbons (Fsp3) is 0.688. The Bertz CT molecular complexity index is 394. The number of aliphatic imine (C=N–C) groups is 1. The van der Waals surface area contributed by atoms with Gasteiger partial charge >= 0.3 is 0 Å². The van der Waals surface area contributed by atoms with Crippen molar-refractivity contribution in [2.24, 2.45) is 10.7 Å². The Morgan fingerprint density at radius 3 is 2.81 bits per heavy atom. The maximum Gasteiger partial charge on any atom is 0.188 e. The average Bonchev–Trinajstić information content (AvgIpc) is 2.86. The summed E-state index contributed by atoms with van der Waals surface area (Å²) in [6.07, 6.45) is 7.63. The molecule has 0 unspecified atom stereocenters. The minimum atomic E-state index is 0.586. The zero-order chi connectivity index (χ0) is 14.8. The van der Waals surface area contributed by atoms with Crippen LogP contribution in [0.3, 0.4) is 0 Å². The normalized spacial score (nSPS) is 17.6. The van der Waals surface area contributed by atoms with Crippen molar-refractivity contribution in [1.82, 2.24) is 10.2 Å². The van der Waals surface area contributed by atoms with Gasteiger partial charge in [-0.25, -0.2) is 0 Å². The van der Waals surface area contributed by atoms with Crippen LogP contribution < -0.4 is 11.1 Å². The number of nitrogens with zero attached hydrogens (tertiary/aromatic N) is 2. The Kier molecular flexibility index (Phi) is 7.60. The molecule has 21 heavy (non-hydrogen) atoms. The second-order valence-corrected chi connectivity index (χ2v) is 6.66. The lowest BCUT2D eigenvalue weighted by Gasteiger charge is -2.18. The maximum absolute atomic E-state index is 5.89. The van der Waals surface area contributed by atoms with E-state index in [1.165, 1.54) is 43.6 Å².